The molecule has 2 aliphatic rings. The molecule has 164 valence electrons. The number of rotatable bonds is 5. The Kier molecular flexibility index (Phi) is 7.89. The third-order valence-corrected chi connectivity index (χ3v) is 5.64. The highest BCUT2D eigenvalue weighted by Crippen LogP contribution is 2.26. The molecule has 3 unspecified atom stereocenters. The van der Waals surface area contributed by atoms with Crippen molar-refractivity contribution in [1.82, 2.24) is 20.9 Å². The number of nitriles is 1. The molecule has 3 amide bonds. The Hall–Kier alpha value is -1.85. The van der Waals surface area contributed by atoms with Crippen LogP contribution in [0.25, 0.3) is 0 Å². The van der Waals surface area contributed by atoms with Crippen molar-refractivity contribution in [3.8, 4) is 6.07 Å². The normalized spacial score (nSPS) is 26.5. The summed E-state index contributed by atoms with van der Waals surface area (Å²) < 4.78 is 5.30. The summed E-state index contributed by atoms with van der Waals surface area (Å²) in [5, 5.41) is 19.2. The van der Waals surface area contributed by atoms with E-state index in [4.69, 9.17) is 4.74 Å². The number of carbonyl (C=O) groups excluding carboxylic acids is 2. The van der Waals surface area contributed by atoms with Gasteiger partial charge in [-0.25, -0.2) is 4.79 Å². The van der Waals surface area contributed by atoms with Crippen molar-refractivity contribution in [3.05, 3.63) is 0 Å². The zero-order chi connectivity index (χ0) is 21.7. The maximum absolute atomic E-state index is 13.2. The summed E-state index contributed by atoms with van der Waals surface area (Å²) >= 11 is 0. The molecule has 0 aromatic carbocycles. The fourth-order valence-corrected chi connectivity index (χ4v) is 3.89. The van der Waals surface area contributed by atoms with Gasteiger partial charge in [0.2, 0.25) is 5.91 Å². The summed E-state index contributed by atoms with van der Waals surface area (Å²) in [5.74, 6) is 0.0822. The van der Waals surface area contributed by atoms with E-state index in [9.17, 15) is 14.9 Å². The van der Waals surface area contributed by atoms with E-state index in [1.165, 1.54) is 0 Å². The maximum atomic E-state index is 13.2. The van der Waals surface area contributed by atoms with Gasteiger partial charge in [-0.05, 0) is 37.1 Å². The molecule has 0 aliphatic carbocycles. The van der Waals surface area contributed by atoms with Crippen LogP contribution in [-0.2, 0) is 9.53 Å². The van der Waals surface area contributed by atoms with Gasteiger partial charge in [0, 0.05) is 19.1 Å². The third kappa shape index (κ3) is 6.86. The fraction of sp³-hybridized carbons (Fsp3) is 0.857. The lowest BCUT2D eigenvalue weighted by atomic mass is 9.81. The average Bonchev–Trinajstić information content (AvgIpc) is 2.67. The van der Waals surface area contributed by atoms with Crippen LogP contribution in [0, 0.1) is 22.7 Å². The summed E-state index contributed by atoms with van der Waals surface area (Å²) in [7, 11) is 0. The second-order valence-electron chi connectivity index (χ2n) is 9.81. The van der Waals surface area contributed by atoms with Gasteiger partial charge in [-0.3, -0.25) is 4.79 Å². The van der Waals surface area contributed by atoms with E-state index in [0.717, 1.165) is 0 Å². The predicted molar refractivity (Wildman–Crippen MR) is 111 cm³/mol. The monoisotopic (exact) mass is 407 g/mol. The summed E-state index contributed by atoms with van der Waals surface area (Å²) in [5.41, 5.74) is -1.06. The van der Waals surface area contributed by atoms with Crippen molar-refractivity contribution >= 4 is 11.9 Å². The predicted octanol–water partition coefficient (Wildman–Crippen LogP) is 1.62. The number of ether oxygens (including phenoxy) is 1. The van der Waals surface area contributed by atoms with Crippen molar-refractivity contribution in [2.45, 2.75) is 71.5 Å². The Morgan fingerprint density at radius 1 is 1.31 bits per heavy atom. The fourth-order valence-electron chi connectivity index (χ4n) is 3.89. The Bertz CT molecular complexity index is 619. The first-order valence-electron chi connectivity index (χ1n) is 10.7. The summed E-state index contributed by atoms with van der Waals surface area (Å²) in [6.07, 6.45) is 1.60. The first-order chi connectivity index (χ1) is 13.6. The largest absolute Gasteiger partial charge is 0.378 e. The molecule has 0 aromatic heterocycles. The molecule has 0 aromatic rings. The Morgan fingerprint density at radius 2 is 1.97 bits per heavy atom. The molecule has 0 spiro atoms. The van der Waals surface area contributed by atoms with Crippen molar-refractivity contribution in [3.63, 3.8) is 0 Å². The van der Waals surface area contributed by atoms with Crippen molar-refractivity contribution in [1.29, 1.82) is 5.26 Å². The number of nitrogens with zero attached hydrogens (tertiary/aromatic N) is 2. The van der Waals surface area contributed by atoms with Crippen LogP contribution in [0.4, 0.5) is 4.79 Å². The lowest BCUT2D eigenvalue weighted by Gasteiger charge is -2.40. The molecule has 2 rings (SSSR count). The van der Waals surface area contributed by atoms with Crippen LogP contribution >= 0.6 is 0 Å². The molecule has 29 heavy (non-hydrogen) atoms. The summed E-state index contributed by atoms with van der Waals surface area (Å²) in [6, 6.07) is 1.58. The maximum Gasteiger partial charge on any atom is 0.318 e. The first kappa shape index (κ1) is 23.4. The van der Waals surface area contributed by atoms with E-state index in [0.29, 0.717) is 58.0 Å². The molecule has 3 N–H and O–H groups in total. The van der Waals surface area contributed by atoms with Crippen LogP contribution in [0.5, 0.6) is 0 Å². The number of piperidine rings is 1. The molecule has 2 saturated heterocycles. The summed E-state index contributed by atoms with van der Waals surface area (Å²) in [4.78, 5) is 27.6. The van der Waals surface area contributed by atoms with Gasteiger partial charge in [-0.15, -0.1) is 0 Å². The topological polar surface area (TPSA) is 106 Å². The van der Waals surface area contributed by atoms with Crippen molar-refractivity contribution in [2.75, 3.05) is 32.8 Å². The van der Waals surface area contributed by atoms with Gasteiger partial charge in [-0.1, -0.05) is 34.6 Å². The molecular weight excluding hydrogens is 370 g/mol. The van der Waals surface area contributed by atoms with Gasteiger partial charge in [0.25, 0.3) is 0 Å². The minimum absolute atomic E-state index is 0.158. The van der Waals surface area contributed by atoms with Gasteiger partial charge >= 0.3 is 6.03 Å². The molecule has 8 heteroatoms. The van der Waals surface area contributed by atoms with Crippen LogP contribution in [0.3, 0.4) is 0 Å². The molecule has 0 bridgehead atoms. The van der Waals surface area contributed by atoms with Gasteiger partial charge in [0.15, 0.2) is 0 Å². The number of hydrogen-bond acceptors (Lipinski definition) is 5. The first-order valence-corrected chi connectivity index (χ1v) is 10.7. The zero-order valence-corrected chi connectivity index (χ0v) is 18.5. The highest BCUT2D eigenvalue weighted by atomic mass is 16.5. The lowest BCUT2D eigenvalue weighted by Crippen LogP contribution is -2.62. The van der Waals surface area contributed by atoms with Crippen molar-refractivity contribution in [2.24, 2.45) is 11.3 Å². The van der Waals surface area contributed by atoms with E-state index in [1.54, 1.807) is 4.90 Å². The van der Waals surface area contributed by atoms with Crippen molar-refractivity contribution < 1.29 is 14.3 Å². The molecule has 8 nitrogen and oxygen atoms in total. The molecule has 3 atom stereocenters. The van der Waals surface area contributed by atoms with Gasteiger partial charge in [0.1, 0.15) is 11.6 Å². The van der Waals surface area contributed by atoms with Crippen LogP contribution < -0.4 is 16.0 Å². The Morgan fingerprint density at radius 3 is 2.52 bits per heavy atom. The smallest absolute Gasteiger partial charge is 0.318 e. The van der Waals surface area contributed by atoms with E-state index >= 15 is 0 Å². The van der Waals surface area contributed by atoms with Gasteiger partial charge in [-0.2, -0.15) is 5.26 Å². The average molecular weight is 408 g/mol. The molecule has 2 fully saturated rings. The third-order valence-electron chi connectivity index (χ3n) is 5.64. The van der Waals surface area contributed by atoms with Crippen LogP contribution in [-0.4, -0.2) is 67.3 Å². The van der Waals surface area contributed by atoms with E-state index in [1.807, 2.05) is 20.8 Å². The second-order valence-corrected chi connectivity index (χ2v) is 9.81. The molecule has 2 heterocycles. The Balaban J connectivity index is 2.11. The molecule has 2 aliphatic heterocycles. The zero-order valence-electron chi connectivity index (χ0n) is 18.5. The number of morpholine rings is 1. The second kappa shape index (κ2) is 9.77. The van der Waals surface area contributed by atoms with Gasteiger partial charge in [0.05, 0.1) is 19.3 Å². The number of hydrogen-bond donors (Lipinski definition) is 3. The minimum Gasteiger partial charge on any atom is -0.378 e. The quantitative estimate of drug-likeness (QED) is 0.642. The minimum atomic E-state index is -0.906. The van der Waals surface area contributed by atoms with E-state index in [-0.39, 0.29) is 23.4 Å². The van der Waals surface area contributed by atoms with Crippen LogP contribution in [0.2, 0.25) is 0 Å². The SMILES string of the molecule is CC(C)C1CC(C#N)(NC(=O)C(CC(C)(C)C)NC(=O)N2CCOCC2)CCN1. The van der Waals surface area contributed by atoms with Crippen LogP contribution in [0.1, 0.15) is 53.9 Å². The molecule has 0 radical (unpaired) electrons. The van der Waals surface area contributed by atoms with E-state index < -0.39 is 11.6 Å². The van der Waals surface area contributed by atoms with Crippen LogP contribution in [0.15, 0.2) is 0 Å². The van der Waals surface area contributed by atoms with E-state index in [2.05, 4.69) is 35.9 Å². The number of nitrogens with one attached hydrogen (secondary N) is 3. The number of carbonyl (C=O) groups is 2. The number of amides is 3. The summed E-state index contributed by atoms with van der Waals surface area (Å²) in [6.45, 7) is 13.0. The molecular formula is C21H37N5O3. The number of urea groups is 1. The highest BCUT2D eigenvalue weighted by Gasteiger charge is 2.41. The molecule has 0 saturated carbocycles. The Labute approximate surface area is 174 Å². The standard InChI is InChI=1S/C21H37N5O3/c1-15(2)16-13-21(14-22,6-7-23-16)25-18(27)17(12-20(3,4)5)24-19(28)26-8-10-29-11-9-26/h15-17,23H,6-13H2,1-5H3,(H,24,28)(H,25,27). The highest BCUT2D eigenvalue weighted by molar-refractivity contribution is 5.88. The van der Waals surface area contributed by atoms with Gasteiger partial charge < -0.3 is 25.6 Å². The lowest BCUT2D eigenvalue weighted by molar-refractivity contribution is -0.125.